The van der Waals surface area contributed by atoms with Crippen molar-refractivity contribution in [1.82, 2.24) is 5.32 Å². The maximum absolute atomic E-state index is 10.9. The van der Waals surface area contributed by atoms with Crippen molar-refractivity contribution in [3.05, 3.63) is 0 Å². The van der Waals surface area contributed by atoms with Crippen molar-refractivity contribution in [2.75, 3.05) is 7.11 Å². The van der Waals surface area contributed by atoms with Gasteiger partial charge in [0.05, 0.1) is 7.11 Å². The second kappa shape index (κ2) is 4.11. The van der Waals surface area contributed by atoms with Crippen molar-refractivity contribution in [3.8, 4) is 0 Å². The Bertz CT molecular complexity index is 208. The molecule has 0 fully saturated rings. The first-order valence-corrected chi connectivity index (χ1v) is 3.93. The fourth-order valence-corrected chi connectivity index (χ4v) is 0.891. The van der Waals surface area contributed by atoms with Crippen LogP contribution in [-0.4, -0.2) is 25.2 Å². The Morgan fingerprint density at radius 1 is 1.38 bits per heavy atom. The molecule has 5 nitrogen and oxygen atoms in total. The fraction of sp³-hybridized carbons (Fsp3) is 0.750. The first-order valence-electron chi connectivity index (χ1n) is 3.93. The van der Waals surface area contributed by atoms with Crippen LogP contribution in [0.3, 0.4) is 0 Å². The zero-order valence-corrected chi connectivity index (χ0v) is 8.38. The Morgan fingerprint density at radius 3 is 2.08 bits per heavy atom. The summed E-state index contributed by atoms with van der Waals surface area (Å²) in [6.45, 7) is 5.41. The van der Waals surface area contributed by atoms with E-state index in [0.29, 0.717) is 0 Å². The standard InChI is InChI=1S/C8H16N2O3/c1-8(2,3)5(6(9)11)10-7(12)13-4/h5H,1-4H3,(H2,9,11)(H,10,12)/t5-/m1/s1. The van der Waals surface area contributed by atoms with Gasteiger partial charge in [-0.3, -0.25) is 4.79 Å². The minimum absolute atomic E-state index is 0.417. The summed E-state index contributed by atoms with van der Waals surface area (Å²) in [5.41, 5.74) is 4.70. The molecule has 0 rings (SSSR count). The van der Waals surface area contributed by atoms with Crippen LogP contribution in [-0.2, 0) is 9.53 Å². The predicted octanol–water partition coefficient (Wildman–Crippen LogP) is 0.242. The summed E-state index contributed by atoms with van der Waals surface area (Å²) in [5, 5.41) is 2.37. The average molecular weight is 188 g/mol. The van der Waals surface area contributed by atoms with Gasteiger partial charge in [0.15, 0.2) is 0 Å². The van der Waals surface area contributed by atoms with Crippen molar-refractivity contribution >= 4 is 12.0 Å². The van der Waals surface area contributed by atoms with Gasteiger partial charge in [-0.05, 0) is 5.41 Å². The number of hydrogen-bond acceptors (Lipinski definition) is 3. The smallest absolute Gasteiger partial charge is 0.407 e. The van der Waals surface area contributed by atoms with Crippen molar-refractivity contribution in [3.63, 3.8) is 0 Å². The third kappa shape index (κ3) is 3.78. The quantitative estimate of drug-likeness (QED) is 0.651. The first kappa shape index (κ1) is 11.7. The van der Waals surface area contributed by atoms with Crippen LogP contribution in [0, 0.1) is 5.41 Å². The zero-order chi connectivity index (χ0) is 10.6. The van der Waals surface area contributed by atoms with E-state index in [-0.39, 0.29) is 0 Å². The largest absolute Gasteiger partial charge is 0.453 e. The van der Waals surface area contributed by atoms with Crippen LogP contribution in [0.15, 0.2) is 0 Å². The lowest BCUT2D eigenvalue weighted by Crippen LogP contribution is -2.51. The molecule has 0 saturated heterocycles. The predicted molar refractivity (Wildman–Crippen MR) is 48.0 cm³/mol. The number of primary amides is 1. The van der Waals surface area contributed by atoms with E-state index in [4.69, 9.17) is 5.73 Å². The fourth-order valence-electron chi connectivity index (χ4n) is 0.891. The van der Waals surface area contributed by atoms with Gasteiger partial charge in [0, 0.05) is 0 Å². The van der Waals surface area contributed by atoms with Gasteiger partial charge in [-0.1, -0.05) is 20.8 Å². The number of methoxy groups -OCH3 is 1. The van der Waals surface area contributed by atoms with Gasteiger partial charge in [-0.25, -0.2) is 4.79 Å². The molecule has 0 aromatic carbocycles. The Kier molecular flexibility index (Phi) is 3.71. The van der Waals surface area contributed by atoms with E-state index in [2.05, 4.69) is 10.1 Å². The molecule has 0 aliphatic heterocycles. The van der Waals surface area contributed by atoms with Crippen LogP contribution in [0.2, 0.25) is 0 Å². The van der Waals surface area contributed by atoms with Crippen LogP contribution >= 0.6 is 0 Å². The Balaban J connectivity index is 4.46. The van der Waals surface area contributed by atoms with Crippen molar-refractivity contribution in [2.45, 2.75) is 26.8 Å². The maximum Gasteiger partial charge on any atom is 0.407 e. The topological polar surface area (TPSA) is 81.4 Å². The molecule has 0 aliphatic carbocycles. The molecule has 0 aromatic rings. The van der Waals surface area contributed by atoms with Gasteiger partial charge >= 0.3 is 6.09 Å². The number of carbonyl (C=O) groups excluding carboxylic acids is 2. The summed E-state index contributed by atoms with van der Waals surface area (Å²) >= 11 is 0. The number of ether oxygens (including phenoxy) is 1. The molecule has 76 valence electrons. The minimum Gasteiger partial charge on any atom is -0.453 e. The Morgan fingerprint density at radius 2 is 1.85 bits per heavy atom. The molecule has 0 heterocycles. The van der Waals surface area contributed by atoms with Gasteiger partial charge < -0.3 is 15.8 Å². The lowest BCUT2D eigenvalue weighted by Gasteiger charge is -2.27. The molecular formula is C8H16N2O3. The summed E-state index contributed by atoms with van der Waals surface area (Å²) in [4.78, 5) is 21.8. The molecule has 0 bridgehead atoms. The summed E-state index contributed by atoms with van der Waals surface area (Å²) in [6, 6.07) is -0.722. The number of rotatable bonds is 2. The monoisotopic (exact) mass is 188 g/mol. The molecule has 0 unspecified atom stereocenters. The van der Waals surface area contributed by atoms with E-state index in [1.54, 1.807) is 20.8 Å². The molecule has 2 amide bonds. The summed E-state index contributed by atoms with van der Waals surface area (Å²) in [5.74, 6) is -0.571. The summed E-state index contributed by atoms with van der Waals surface area (Å²) in [6.07, 6.45) is -0.654. The molecule has 0 aromatic heterocycles. The molecule has 1 atom stereocenters. The highest BCUT2D eigenvalue weighted by atomic mass is 16.5. The van der Waals surface area contributed by atoms with Crippen LogP contribution in [0.5, 0.6) is 0 Å². The van der Waals surface area contributed by atoms with Crippen LogP contribution in [0.4, 0.5) is 4.79 Å². The van der Waals surface area contributed by atoms with Gasteiger partial charge in [-0.15, -0.1) is 0 Å². The zero-order valence-electron chi connectivity index (χ0n) is 8.38. The SMILES string of the molecule is COC(=O)N[C@H](C(N)=O)C(C)(C)C. The van der Waals surface area contributed by atoms with Gasteiger partial charge in [-0.2, -0.15) is 0 Å². The average Bonchev–Trinajstić information content (AvgIpc) is 1.96. The molecule has 5 heteroatoms. The third-order valence-electron chi connectivity index (χ3n) is 1.60. The van der Waals surface area contributed by atoms with Crippen molar-refractivity contribution < 1.29 is 14.3 Å². The normalized spacial score (nSPS) is 13.2. The van der Waals surface area contributed by atoms with Crippen molar-refractivity contribution in [2.24, 2.45) is 11.1 Å². The van der Waals surface area contributed by atoms with E-state index in [9.17, 15) is 9.59 Å². The summed E-state index contributed by atoms with van der Waals surface area (Å²) < 4.78 is 4.37. The molecule has 0 spiro atoms. The molecule has 0 aliphatic rings. The number of carbonyl (C=O) groups is 2. The maximum atomic E-state index is 10.9. The number of nitrogens with two attached hydrogens (primary N) is 1. The number of nitrogens with one attached hydrogen (secondary N) is 1. The Labute approximate surface area is 77.6 Å². The van der Waals surface area contributed by atoms with E-state index in [0.717, 1.165) is 0 Å². The Hall–Kier alpha value is -1.26. The number of alkyl carbamates (subject to hydrolysis) is 1. The van der Waals surface area contributed by atoms with Crippen LogP contribution < -0.4 is 11.1 Å². The second-order valence-electron chi connectivity index (χ2n) is 3.84. The molecule has 0 radical (unpaired) electrons. The van der Waals surface area contributed by atoms with E-state index >= 15 is 0 Å². The van der Waals surface area contributed by atoms with Gasteiger partial charge in [0.1, 0.15) is 6.04 Å². The van der Waals surface area contributed by atoms with Crippen LogP contribution in [0.1, 0.15) is 20.8 Å². The van der Waals surface area contributed by atoms with Gasteiger partial charge in [0.2, 0.25) is 5.91 Å². The van der Waals surface area contributed by atoms with E-state index in [1.165, 1.54) is 7.11 Å². The van der Waals surface area contributed by atoms with Gasteiger partial charge in [0.25, 0.3) is 0 Å². The minimum atomic E-state index is -0.722. The molecule has 3 N–H and O–H groups in total. The molecule has 13 heavy (non-hydrogen) atoms. The highest BCUT2D eigenvalue weighted by molar-refractivity contribution is 5.84. The first-order chi connectivity index (χ1) is 5.79. The number of amides is 2. The third-order valence-corrected chi connectivity index (χ3v) is 1.60. The second-order valence-corrected chi connectivity index (χ2v) is 3.84. The lowest BCUT2D eigenvalue weighted by atomic mass is 9.86. The lowest BCUT2D eigenvalue weighted by molar-refractivity contribution is -0.122. The molecule has 0 saturated carbocycles. The van der Waals surface area contributed by atoms with E-state index in [1.807, 2.05) is 0 Å². The van der Waals surface area contributed by atoms with Crippen LogP contribution in [0.25, 0.3) is 0 Å². The van der Waals surface area contributed by atoms with E-state index < -0.39 is 23.5 Å². The molecular weight excluding hydrogens is 172 g/mol. The van der Waals surface area contributed by atoms with Crippen molar-refractivity contribution in [1.29, 1.82) is 0 Å². The highest BCUT2D eigenvalue weighted by Crippen LogP contribution is 2.18. The highest BCUT2D eigenvalue weighted by Gasteiger charge is 2.31. The summed E-state index contributed by atoms with van der Waals surface area (Å²) in [7, 11) is 1.23. The number of hydrogen-bond donors (Lipinski definition) is 2.